The van der Waals surface area contributed by atoms with Gasteiger partial charge in [-0.3, -0.25) is 4.79 Å². The van der Waals surface area contributed by atoms with Crippen molar-refractivity contribution in [2.24, 2.45) is 0 Å². The van der Waals surface area contributed by atoms with Crippen LogP contribution in [-0.2, 0) is 16.0 Å². The lowest BCUT2D eigenvalue weighted by Gasteiger charge is -2.41. The van der Waals surface area contributed by atoms with Crippen LogP contribution >= 0.6 is 0 Å². The summed E-state index contributed by atoms with van der Waals surface area (Å²) in [4.78, 5) is 25.7. The molecule has 2 heterocycles. The maximum Gasteiger partial charge on any atom is 0.405 e. The predicted molar refractivity (Wildman–Crippen MR) is 104 cm³/mol. The quantitative estimate of drug-likeness (QED) is 0.806. The van der Waals surface area contributed by atoms with Gasteiger partial charge in [0, 0.05) is 13.0 Å². The molecule has 30 heavy (non-hydrogen) atoms. The lowest BCUT2D eigenvalue weighted by molar-refractivity contribution is -0.152. The van der Waals surface area contributed by atoms with Crippen LogP contribution in [0.1, 0.15) is 29.2 Å². The monoisotopic (exact) mass is 416 g/mol. The molecule has 0 saturated carbocycles. The molecule has 0 bridgehead atoms. The number of carbonyl (C=O) groups excluding carboxylic acids is 1. The van der Waals surface area contributed by atoms with Gasteiger partial charge in [-0.05, 0) is 35.2 Å². The first kappa shape index (κ1) is 20.3. The lowest BCUT2D eigenvalue weighted by atomic mass is 9.87. The average Bonchev–Trinajstić information content (AvgIpc) is 2.74. The number of carboxylic acid groups (broad SMARTS) is 1. The van der Waals surface area contributed by atoms with Crippen molar-refractivity contribution < 1.29 is 28.2 Å². The highest BCUT2D eigenvalue weighted by molar-refractivity contribution is 5.82. The molecule has 8 heteroatoms. The Balaban J connectivity index is 1.60. The molecule has 2 N–H and O–H groups in total. The van der Waals surface area contributed by atoms with Gasteiger partial charge < -0.3 is 20.1 Å². The lowest BCUT2D eigenvalue weighted by Crippen LogP contribution is -2.54. The Bertz CT molecular complexity index is 937. The van der Waals surface area contributed by atoms with E-state index in [2.05, 4.69) is 5.32 Å². The Morgan fingerprint density at radius 3 is 2.57 bits per heavy atom. The Morgan fingerprint density at radius 1 is 1.13 bits per heavy atom. The molecule has 4 rings (SSSR count). The van der Waals surface area contributed by atoms with Gasteiger partial charge in [0.1, 0.15) is 18.1 Å². The highest BCUT2D eigenvalue weighted by Gasteiger charge is 2.41. The molecule has 6 nitrogen and oxygen atoms in total. The van der Waals surface area contributed by atoms with Gasteiger partial charge >= 0.3 is 6.09 Å². The van der Waals surface area contributed by atoms with Gasteiger partial charge in [0.2, 0.25) is 0 Å². The predicted octanol–water partition coefficient (Wildman–Crippen LogP) is 3.06. The third-order valence-corrected chi connectivity index (χ3v) is 5.69. The number of fused-ring (bicyclic) bond motifs is 1. The zero-order valence-corrected chi connectivity index (χ0v) is 16.1. The average molecular weight is 416 g/mol. The minimum atomic E-state index is -1.52. The molecule has 0 unspecified atom stereocenters. The first-order chi connectivity index (χ1) is 14.4. The molecule has 2 aliphatic heterocycles. The second-order valence-corrected chi connectivity index (χ2v) is 7.56. The third kappa shape index (κ3) is 4.00. The van der Waals surface area contributed by atoms with Crippen molar-refractivity contribution >= 4 is 12.0 Å². The van der Waals surface area contributed by atoms with Crippen molar-refractivity contribution in [1.82, 2.24) is 10.2 Å². The van der Waals surface area contributed by atoms with Gasteiger partial charge in [-0.25, -0.2) is 13.6 Å². The van der Waals surface area contributed by atoms with Crippen LogP contribution in [-0.4, -0.2) is 53.5 Å². The van der Waals surface area contributed by atoms with Gasteiger partial charge in [0.05, 0.1) is 18.7 Å². The molecule has 2 aliphatic rings. The summed E-state index contributed by atoms with van der Waals surface area (Å²) >= 11 is 0. The van der Waals surface area contributed by atoms with E-state index in [1.165, 1.54) is 12.1 Å². The van der Waals surface area contributed by atoms with Crippen molar-refractivity contribution in [2.45, 2.75) is 37.2 Å². The number of amides is 2. The molecule has 1 saturated heterocycles. The summed E-state index contributed by atoms with van der Waals surface area (Å²) in [6.45, 7) is 0.209. The van der Waals surface area contributed by atoms with Crippen LogP contribution in [0.5, 0.6) is 0 Å². The number of hydrogen-bond acceptors (Lipinski definition) is 3. The van der Waals surface area contributed by atoms with E-state index in [0.717, 1.165) is 16.7 Å². The van der Waals surface area contributed by atoms with Gasteiger partial charge in [-0.2, -0.15) is 0 Å². The zero-order valence-electron chi connectivity index (χ0n) is 16.1. The number of alkyl halides is 1. The van der Waals surface area contributed by atoms with Crippen molar-refractivity contribution in [2.75, 3.05) is 13.2 Å². The van der Waals surface area contributed by atoms with Crippen LogP contribution in [0.4, 0.5) is 13.6 Å². The summed E-state index contributed by atoms with van der Waals surface area (Å²) in [6.07, 6.45) is -3.43. The first-order valence-electron chi connectivity index (χ1n) is 9.83. The second kappa shape index (κ2) is 8.39. The fraction of sp³-hybridized carbons (Fsp3) is 0.364. The largest absolute Gasteiger partial charge is 0.465 e. The van der Waals surface area contributed by atoms with Gasteiger partial charge in [0.15, 0.2) is 0 Å². The van der Waals surface area contributed by atoms with Crippen LogP contribution in [0.2, 0.25) is 0 Å². The molecular formula is C22H22F2N2O4. The maximum atomic E-state index is 14.5. The summed E-state index contributed by atoms with van der Waals surface area (Å²) in [5.41, 5.74) is 2.81. The van der Waals surface area contributed by atoms with E-state index in [9.17, 15) is 18.4 Å². The van der Waals surface area contributed by atoms with Crippen molar-refractivity contribution in [3.63, 3.8) is 0 Å². The normalized spacial score (nSPS) is 26.0. The second-order valence-electron chi connectivity index (χ2n) is 7.56. The molecule has 2 aromatic rings. The highest BCUT2D eigenvalue weighted by atomic mass is 19.1. The third-order valence-electron chi connectivity index (χ3n) is 5.69. The van der Waals surface area contributed by atoms with Crippen LogP contribution in [0.15, 0.2) is 48.5 Å². The van der Waals surface area contributed by atoms with E-state index >= 15 is 0 Å². The molecule has 0 spiro atoms. The van der Waals surface area contributed by atoms with Crippen molar-refractivity contribution in [3.05, 3.63) is 71.0 Å². The molecule has 0 aliphatic carbocycles. The van der Waals surface area contributed by atoms with Crippen molar-refractivity contribution in [3.8, 4) is 0 Å². The van der Waals surface area contributed by atoms with E-state index in [1.807, 2.05) is 24.3 Å². The van der Waals surface area contributed by atoms with E-state index in [1.54, 1.807) is 17.0 Å². The van der Waals surface area contributed by atoms with E-state index < -0.39 is 30.5 Å². The minimum absolute atomic E-state index is 0.213. The number of benzene rings is 2. The fourth-order valence-corrected chi connectivity index (χ4v) is 4.22. The van der Waals surface area contributed by atoms with Crippen LogP contribution in [0.3, 0.4) is 0 Å². The Labute approximate surface area is 172 Å². The van der Waals surface area contributed by atoms with Gasteiger partial charge in [-0.15, -0.1) is 0 Å². The number of halogens is 2. The molecule has 0 radical (unpaired) electrons. The fourth-order valence-electron chi connectivity index (χ4n) is 4.22. The van der Waals surface area contributed by atoms with Gasteiger partial charge in [-0.1, -0.05) is 36.4 Å². The number of nitrogens with one attached hydrogen (secondary N) is 1. The minimum Gasteiger partial charge on any atom is -0.465 e. The van der Waals surface area contributed by atoms with Crippen molar-refractivity contribution in [1.29, 1.82) is 0 Å². The smallest absolute Gasteiger partial charge is 0.405 e. The summed E-state index contributed by atoms with van der Waals surface area (Å²) in [5.74, 6) is -0.719. The topological polar surface area (TPSA) is 78.9 Å². The zero-order chi connectivity index (χ0) is 21.3. The SMILES string of the molecule is O=C(O)N[C@H]1CO[C@@H](C(=O)N2CCc3ccccc3[C@@H]2c2ccc(F)cc2)C[C@@H]1F. The van der Waals surface area contributed by atoms with E-state index in [0.29, 0.717) is 13.0 Å². The number of carbonyl (C=O) groups is 2. The van der Waals surface area contributed by atoms with Crippen LogP contribution in [0.25, 0.3) is 0 Å². The number of nitrogens with zero attached hydrogens (tertiary/aromatic N) is 1. The number of hydrogen-bond donors (Lipinski definition) is 2. The number of rotatable bonds is 3. The standard InChI is InChI=1S/C22H22F2N2O4/c23-15-7-5-14(6-8-15)20-16-4-2-1-3-13(16)9-10-26(20)21(27)19-11-17(24)18(12-30-19)25-22(28)29/h1-8,17-20,25H,9-12H2,(H,28,29)/t17-,18-,19+,20-/m0/s1. The van der Waals surface area contributed by atoms with Crippen LogP contribution in [0, 0.1) is 5.82 Å². The van der Waals surface area contributed by atoms with Crippen LogP contribution < -0.4 is 5.32 Å². The molecule has 2 aromatic carbocycles. The Morgan fingerprint density at radius 2 is 1.87 bits per heavy atom. The molecule has 158 valence electrons. The molecular weight excluding hydrogens is 394 g/mol. The highest BCUT2D eigenvalue weighted by Crippen LogP contribution is 2.36. The first-order valence-corrected chi connectivity index (χ1v) is 9.83. The summed E-state index contributed by atoms with van der Waals surface area (Å²) < 4.78 is 33.5. The van der Waals surface area contributed by atoms with E-state index in [-0.39, 0.29) is 24.8 Å². The molecule has 0 aromatic heterocycles. The molecule has 4 atom stereocenters. The van der Waals surface area contributed by atoms with E-state index in [4.69, 9.17) is 9.84 Å². The Kier molecular flexibility index (Phi) is 5.67. The summed E-state index contributed by atoms with van der Waals surface area (Å²) in [7, 11) is 0. The summed E-state index contributed by atoms with van der Waals surface area (Å²) in [5, 5.41) is 10.9. The molecule has 1 fully saturated rings. The maximum absolute atomic E-state index is 14.5. The molecule has 2 amide bonds. The van der Waals surface area contributed by atoms with Gasteiger partial charge in [0.25, 0.3) is 5.91 Å². The Hall–Kier alpha value is -3.00. The summed E-state index contributed by atoms with van der Waals surface area (Å²) in [6, 6.07) is 12.3. The number of ether oxygens (including phenoxy) is 1.